The lowest BCUT2D eigenvalue weighted by Gasteiger charge is -2.12. The molecule has 1 amide bonds. The van der Waals surface area contributed by atoms with Crippen LogP contribution in [-0.2, 0) is 16.0 Å². The molecule has 2 aromatic heterocycles. The van der Waals surface area contributed by atoms with Crippen LogP contribution in [0.25, 0.3) is 28.2 Å². The van der Waals surface area contributed by atoms with Gasteiger partial charge in [-0.2, -0.15) is 0 Å². The molecule has 4 aromatic rings. The van der Waals surface area contributed by atoms with E-state index in [-0.39, 0.29) is 12.0 Å². The zero-order valence-electron chi connectivity index (χ0n) is 17.2. The van der Waals surface area contributed by atoms with Crippen LogP contribution in [-0.4, -0.2) is 39.7 Å². The highest BCUT2D eigenvalue weighted by Gasteiger charge is 2.17. The summed E-state index contributed by atoms with van der Waals surface area (Å²) in [6.07, 6.45) is 4.38. The maximum atomic E-state index is 12.3. The van der Waals surface area contributed by atoms with Crippen LogP contribution in [0.5, 0.6) is 0 Å². The molecule has 1 atom stereocenters. The highest BCUT2D eigenvalue weighted by atomic mass is 16.5. The maximum Gasteiger partial charge on any atom is 0.224 e. The zero-order valence-corrected chi connectivity index (χ0v) is 17.2. The third-order valence-corrected chi connectivity index (χ3v) is 5.56. The number of benzene rings is 2. The predicted octanol–water partition coefficient (Wildman–Crippen LogP) is 3.93. The smallest absolute Gasteiger partial charge is 0.224 e. The molecule has 156 valence electrons. The van der Waals surface area contributed by atoms with Crippen molar-refractivity contribution in [3.63, 3.8) is 0 Å². The third kappa shape index (κ3) is 4.20. The monoisotopic (exact) mass is 412 g/mol. The molecule has 6 heteroatoms. The van der Waals surface area contributed by atoms with E-state index in [1.54, 1.807) is 6.20 Å². The van der Waals surface area contributed by atoms with Gasteiger partial charge in [0.15, 0.2) is 5.65 Å². The summed E-state index contributed by atoms with van der Waals surface area (Å²) in [5.41, 5.74) is 4.61. The number of nitrogens with zero attached hydrogens (tertiary/aromatic N) is 3. The van der Waals surface area contributed by atoms with Gasteiger partial charge in [-0.25, -0.2) is 9.97 Å². The number of imidazole rings is 1. The molecule has 0 aliphatic carbocycles. The van der Waals surface area contributed by atoms with Crippen molar-refractivity contribution in [3.05, 3.63) is 78.5 Å². The largest absolute Gasteiger partial charge is 0.376 e. The normalized spacial score (nSPS) is 15.9. The number of nitrogens with one attached hydrogen (secondary N) is 1. The first kappa shape index (κ1) is 19.5. The van der Waals surface area contributed by atoms with Gasteiger partial charge in [-0.3, -0.25) is 9.36 Å². The van der Waals surface area contributed by atoms with Crippen LogP contribution in [0.1, 0.15) is 18.4 Å². The highest BCUT2D eigenvalue weighted by molar-refractivity contribution is 5.80. The number of hydrogen-bond donors (Lipinski definition) is 1. The molecule has 6 nitrogen and oxygen atoms in total. The number of fused-ring (bicyclic) bond motifs is 1. The first-order valence-electron chi connectivity index (χ1n) is 10.6. The molecule has 2 aromatic carbocycles. The summed E-state index contributed by atoms with van der Waals surface area (Å²) in [4.78, 5) is 21.7. The molecular weight excluding hydrogens is 388 g/mol. The number of amides is 1. The fraction of sp³-hybridized carbons (Fsp3) is 0.240. The summed E-state index contributed by atoms with van der Waals surface area (Å²) in [6, 6.07) is 22.0. The molecule has 1 fully saturated rings. The van der Waals surface area contributed by atoms with Crippen molar-refractivity contribution in [1.82, 2.24) is 19.9 Å². The van der Waals surface area contributed by atoms with E-state index in [0.29, 0.717) is 13.0 Å². The standard InChI is InChI=1S/C25H24N4O2/c30-23(27-17-21-8-5-15-31-21)16-18-10-12-20(13-11-18)29-24(19-6-2-1-3-7-19)28-22-9-4-14-26-25(22)29/h1-4,6-7,9-14,21H,5,8,15-17H2,(H,27,30). The molecule has 5 rings (SSSR count). The number of aromatic nitrogens is 3. The van der Waals surface area contributed by atoms with E-state index in [0.717, 1.165) is 53.3 Å². The number of carbonyl (C=O) groups is 1. The van der Waals surface area contributed by atoms with Crippen LogP contribution < -0.4 is 5.32 Å². The van der Waals surface area contributed by atoms with Gasteiger partial charge in [-0.1, -0.05) is 42.5 Å². The minimum atomic E-state index is 0.0166. The molecule has 3 heterocycles. The fourth-order valence-corrected chi connectivity index (χ4v) is 3.98. The molecule has 1 N–H and O–H groups in total. The van der Waals surface area contributed by atoms with Gasteiger partial charge in [-0.15, -0.1) is 0 Å². The Morgan fingerprint density at radius 1 is 1.06 bits per heavy atom. The van der Waals surface area contributed by atoms with E-state index in [2.05, 4.69) is 14.9 Å². The minimum Gasteiger partial charge on any atom is -0.376 e. The van der Waals surface area contributed by atoms with E-state index in [4.69, 9.17) is 9.72 Å². The second-order valence-electron chi connectivity index (χ2n) is 7.77. The Bertz CT molecular complexity index is 1180. The Kier molecular flexibility index (Phi) is 5.46. The minimum absolute atomic E-state index is 0.0166. The van der Waals surface area contributed by atoms with Gasteiger partial charge >= 0.3 is 0 Å². The Labute approximate surface area is 180 Å². The summed E-state index contributed by atoms with van der Waals surface area (Å²) < 4.78 is 7.63. The van der Waals surface area contributed by atoms with Crippen LogP contribution in [0.3, 0.4) is 0 Å². The first-order chi connectivity index (χ1) is 15.3. The number of rotatable bonds is 6. The van der Waals surface area contributed by atoms with Crippen molar-refractivity contribution in [2.45, 2.75) is 25.4 Å². The van der Waals surface area contributed by atoms with Gasteiger partial charge in [0, 0.05) is 30.6 Å². The summed E-state index contributed by atoms with van der Waals surface area (Å²) in [5, 5.41) is 2.98. The molecule has 0 spiro atoms. The highest BCUT2D eigenvalue weighted by Crippen LogP contribution is 2.27. The number of pyridine rings is 1. The Morgan fingerprint density at radius 2 is 1.90 bits per heavy atom. The number of carbonyl (C=O) groups excluding carboxylic acids is 1. The zero-order chi connectivity index (χ0) is 21.0. The van der Waals surface area contributed by atoms with Crippen LogP contribution in [0.4, 0.5) is 0 Å². The van der Waals surface area contributed by atoms with Crippen molar-refractivity contribution in [3.8, 4) is 17.1 Å². The topological polar surface area (TPSA) is 69.0 Å². The summed E-state index contributed by atoms with van der Waals surface area (Å²) in [7, 11) is 0. The fourth-order valence-electron chi connectivity index (χ4n) is 3.98. The third-order valence-electron chi connectivity index (χ3n) is 5.56. The summed E-state index contributed by atoms with van der Waals surface area (Å²) in [6.45, 7) is 1.38. The summed E-state index contributed by atoms with van der Waals surface area (Å²) in [5.74, 6) is 0.860. The average Bonchev–Trinajstić information content (AvgIpc) is 3.47. The van der Waals surface area contributed by atoms with E-state index < -0.39 is 0 Å². The Balaban J connectivity index is 1.39. The Morgan fingerprint density at radius 3 is 2.68 bits per heavy atom. The maximum absolute atomic E-state index is 12.3. The van der Waals surface area contributed by atoms with Crippen molar-refractivity contribution in [2.24, 2.45) is 0 Å². The lowest BCUT2D eigenvalue weighted by molar-refractivity contribution is -0.120. The lowest BCUT2D eigenvalue weighted by Crippen LogP contribution is -2.32. The van der Waals surface area contributed by atoms with E-state index in [1.165, 1.54) is 0 Å². The van der Waals surface area contributed by atoms with Crippen molar-refractivity contribution < 1.29 is 9.53 Å². The summed E-state index contributed by atoms with van der Waals surface area (Å²) >= 11 is 0. The number of hydrogen-bond acceptors (Lipinski definition) is 4. The second-order valence-corrected chi connectivity index (χ2v) is 7.77. The lowest BCUT2D eigenvalue weighted by atomic mass is 10.1. The van der Waals surface area contributed by atoms with Gasteiger partial charge in [0.05, 0.1) is 12.5 Å². The van der Waals surface area contributed by atoms with E-state index >= 15 is 0 Å². The average molecular weight is 412 g/mol. The first-order valence-corrected chi connectivity index (χ1v) is 10.6. The van der Waals surface area contributed by atoms with E-state index in [1.807, 2.05) is 66.7 Å². The SMILES string of the molecule is O=C(Cc1ccc(-n2c(-c3ccccc3)nc3cccnc32)cc1)NCC1CCCO1. The molecule has 31 heavy (non-hydrogen) atoms. The van der Waals surface area contributed by atoms with Crippen molar-refractivity contribution >= 4 is 17.1 Å². The van der Waals surface area contributed by atoms with Crippen LogP contribution in [0.2, 0.25) is 0 Å². The van der Waals surface area contributed by atoms with Crippen molar-refractivity contribution in [2.75, 3.05) is 13.2 Å². The molecule has 0 bridgehead atoms. The molecule has 0 radical (unpaired) electrons. The molecule has 0 saturated carbocycles. The molecule has 1 unspecified atom stereocenters. The Hall–Kier alpha value is -3.51. The van der Waals surface area contributed by atoms with Crippen molar-refractivity contribution in [1.29, 1.82) is 0 Å². The van der Waals surface area contributed by atoms with Crippen LogP contribution >= 0.6 is 0 Å². The second kappa shape index (κ2) is 8.70. The predicted molar refractivity (Wildman–Crippen MR) is 120 cm³/mol. The van der Waals surface area contributed by atoms with Gasteiger partial charge in [0.25, 0.3) is 0 Å². The molecular formula is C25H24N4O2. The number of ether oxygens (including phenoxy) is 1. The van der Waals surface area contributed by atoms with Crippen LogP contribution in [0.15, 0.2) is 72.9 Å². The molecule has 1 aliphatic heterocycles. The van der Waals surface area contributed by atoms with Gasteiger partial charge in [0.1, 0.15) is 11.3 Å². The van der Waals surface area contributed by atoms with Gasteiger partial charge < -0.3 is 10.1 Å². The molecule has 1 saturated heterocycles. The van der Waals surface area contributed by atoms with E-state index in [9.17, 15) is 4.79 Å². The van der Waals surface area contributed by atoms with Gasteiger partial charge in [-0.05, 0) is 42.7 Å². The quantitative estimate of drug-likeness (QED) is 0.521. The molecule has 1 aliphatic rings. The van der Waals surface area contributed by atoms with Gasteiger partial charge in [0.2, 0.25) is 5.91 Å². The van der Waals surface area contributed by atoms with Crippen LogP contribution in [0, 0.1) is 0 Å².